The largest absolute Gasteiger partial charge is 0.400 e. The molecule has 0 aromatic carbocycles. The summed E-state index contributed by atoms with van der Waals surface area (Å²) in [5, 5.41) is 9.44. The van der Waals surface area contributed by atoms with Crippen molar-refractivity contribution in [2.75, 3.05) is 0 Å². The monoisotopic (exact) mass is 239 g/mol. The number of nitrogens with zero attached hydrogens (tertiary/aromatic N) is 1. The number of hydrogen-bond acceptors (Lipinski definition) is 2. The lowest BCUT2D eigenvalue weighted by atomic mass is 9.94. The minimum atomic E-state index is -1.62. The van der Waals surface area contributed by atoms with Gasteiger partial charge in [0.25, 0.3) is 0 Å². The van der Waals surface area contributed by atoms with Crippen molar-refractivity contribution in [2.45, 2.75) is 70.7 Å². The Hall–Kier alpha value is -0.333. The fraction of sp³-hybridized carbons (Fsp3) is 0.923. The molecule has 2 nitrogen and oxygen atoms in total. The highest BCUT2D eigenvalue weighted by molar-refractivity contribution is 6.69. The topological polar surface area (TPSA) is 33.0 Å². The summed E-state index contributed by atoms with van der Waals surface area (Å²) in [5.41, 5.74) is -0.464. The van der Waals surface area contributed by atoms with Gasteiger partial charge in [0.05, 0.1) is 6.07 Å². The summed E-state index contributed by atoms with van der Waals surface area (Å²) in [7, 11) is -1.62. The Morgan fingerprint density at radius 1 is 1.31 bits per heavy atom. The van der Waals surface area contributed by atoms with Gasteiger partial charge in [-0.2, -0.15) is 5.26 Å². The zero-order valence-corrected chi connectivity index (χ0v) is 12.2. The van der Waals surface area contributed by atoms with Gasteiger partial charge in [-0.25, -0.2) is 0 Å². The third-order valence-electron chi connectivity index (χ3n) is 3.43. The van der Waals surface area contributed by atoms with E-state index in [1.807, 2.05) is 0 Å². The van der Waals surface area contributed by atoms with Gasteiger partial charge in [-0.3, -0.25) is 0 Å². The molecule has 92 valence electrons. The van der Waals surface area contributed by atoms with Crippen LogP contribution >= 0.6 is 0 Å². The SMILES string of the molecule is CCC1CCCC(C#N)(O[Si](C)(C)C)CC1. The predicted octanol–water partition coefficient (Wildman–Crippen LogP) is 4.09. The Bertz CT molecular complexity index is 266. The van der Waals surface area contributed by atoms with Crippen LogP contribution in [0.5, 0.6) is 0 Å². The number of rotatable bonds is 3. The van der Waals surface area contributed by atoms with Crippen LogP contribution in [0.4, 0.5) is 0 Å². The molecule has 0 saturated heterocycles. The van der Waals surface area contributed by atoms with E-state index in [9.17, 15) is 5.26 Å². The maximum Gasteiger partial charge on any atom is 0.185 e. The summed E-state index contributed by atoms with van der Waals surface area (Å²) in [6.07, 6.45) is 6.70. The van der Waals surface area contributed by atoms with Gasteiger partial charge >= 0.3 is 0 Å². The number of hydrogen-bond donors (Lipinski definition) is 0. The van der Waals surface area contributed by atoms with Crippen molar-refractivity contribution in [3.8, 4) is 6.07 Å². The molecule has 16 heavy (non-hydrogen) atoms. The van der Waals surface area contributed by atoms with E-state index in [-0.39, 0.29) is 0 Å². The van der Waals surface area contributed by atoms with E-state index in [1.165, 1.54) is 12.8 Å². The summed E-state index contributed by atoms with van der Waals surface area (Å²) in [5.74, 6) is 0.806. The van der Waals surface area contributed by atoms with Crippen molar-refractivity contribution in [3.05, 3.63) is 0 Å². The Labute approximate surface area is 101 Å². The molecule has 3 heteroatoms. The lowest BCUT2D eigenvalue weighted by molar-refractivity contribution is 0.101. The molecule has 0 aromatic rings. The van der Waals surface area contributed by atoms with Crippen LogP contribution in [-0.4, -0.2) is 13.9 Å². The molecule has 0 heterocycles. The molecule has 1 fully saturated rings. The summed E-state index contributed by atoms with van der Waals surface area (Å²) in [6, 6.07) is 2.47. The first-order valence-electron chi connectivity index (χ1n) is 6.52. The summed E-state index contributed by atoms with van der Waals surface area (Å²) in [4.78, 5) is 0. The van der Waals surface area contributed by atoms with Crippen molar-refractivity contribution in [3.63, 3.8) is 0 Å². The van der Waals surface area contributed by atoms with E-state index in [4.69, 9.17) is 4.43 Å². The van der Waals surface area contributed by atoms with Crippen LogP contribution in [0, 0.1) is 17.2 Å². The Balaban J connectivity index is 2.70. The molecule has 1 rings (SSSR count). The first-order valence-corrected chi connectivity index (χ1v) is 9.93. The zero-order valence-electron chi connectivity index (χ0n) is 11.2. The second-order valence-electron chi connectivity index (χ2n) is 6.03. The van der Waals surface area contributed by atoms with Gasteiger partial charge in [-0.1, -0.05) is 19.8 Å². The Kier molecular flexibility index (Phi) is 4.58. The smallest absolute Gasteiger partial charge is 0.185 e. The molecule has 0 aliphatic heterocycles. The van der Waals surface area contributed by atoms with Gasteiger partial charge in [0.2, 0.25) is 0 Å². The van der Waals surface area contributed by atoms with Crippen molar-refractivity contribution in [2.24, 2.45) is 5.92 Å². The molecule has 0 amide bonds. The maximum atomic E-state index is 9.44. The van der Waals surface area contributed by atoms with Gasteiger partial charge < -0.3 is 4.43 Å². The van der Waals surface area contributed by atoms with E-state index in [2.05, 4.69) is 32.6 Å². The Morgan fingerprint density at radius 2 is 2.00 bits per heavy atom. The van der Waals surface area contributed by atoms with Gasteiger partial charge in [-0.05, 0) is 51.2 Å². The van der Waals surface area contributed by atoms with Crippen LogP contribution in [0.2, 0.25) is 19.6 Å². The van der Waals surface area contributed by atoms with Crippen molar-refractivity contribution in [1.29, 1.82) is 5.26 Å². The molecular formula is C13H25NOSi. The molecule has 2 atom stereocenters. The fourth-order valence-corrected chi connectivity index (χ4v) is 4.04. The number of nitriles is 1. The Morgan fingerprint density at radius 3 is 2.50 bits per heavy atom. The fourth-order valence-electron chi connectivity index (χ4n) is 2.61. The van der Waals surface area contributed by atoms with Crippen LogP contribution in [0.25, 0.3) is 0 Å². The highest BCUT2D eigenvalue weighted by Gasteiger charge is 2.37. The third-order valence-corrected chi connectivity index (χ3v) is 4.44. The molecule has 1 saturated carbocycles. The van der Waals surface area contributed by atoms with Gasteiger partial charge in [0.1, 0.15) is 5.60 Å². The molecule has 0 N–H and O–H groups in total. The standard InChI is InChI=1S/C13H25NOSi/c1-5-12-7-6-9-13(11-14,10-8-12)15-16(2,3)4/h12H,5-10H2,1-4H3. The highest BCUT2D eigenvalue weighted by atomic mass is 28.4. The van der Waals surface area contributed by atoms with Gasteiger partial charge in [0, 0.05) is 0 Å². The van der Waals surface area contributed by atoms with E-state index in [1.54, 1.807) is 0 Å². The molecule has 0 aromatic heterocycles. The van der Waals surface area contributed by atoms with Gasteiger partial charge in [0.15, 0.2) is 8.32 Å². The van der Waals surface area contributed by atoms with Crippen LogP contribution in [0.1, 0.15) is 45.4 Å². The molecule has 0 radical (unpaired) electrons. The first-order chi connectivity index (χ1) is 7.41. The first kappa shape index (κ1) is 13.7. The minimum absolute atomic E-state index is 0.464. The molecule has 1 aliphatic rings. The molecule has 0 bridgehead atoms. The lowest BCUT2D eigenvalue weighted by Crippen LogP contribution is -2.41. The van der Waals surface area contributed by atoms with Crippen molar-refractivity contribution < 1.29 is 4.43 Å². The van der Waals surface area contributed by atoms with E-state index >= 15 is 0 Å². The molecule has 1 aliphatic carbocycles. The normalized spacial score (nSPS) is 31.8. The highest BCUT2D eigenvalue weighted by Crippen LogP contribution is 2.35. The average molecular weight is 239 g/mol. The predicted molar refractivity (Wildman–Crippen MR) is 69.6 cm³/mol. The summed E-state index contributed by atoms with van der Waals surface area (Å²) < 4.78 is 6.17. The van der Waals surface area contributed by atoms with E-state index < -0.39 is 13.9 Å². The maximum absolute atomic E-state index is 9.44. The van der Waals surface area contributed by atoms with Crippen molar-refractivity contribution in [1.82, 2.24) is 0 Å². The quantitative estimate of drug-likeness (QED) is 0.549. The molecule has 0 spiro atoms. The summed E-state index contributed by atoms with van der Waals surface area (Å²) >= 11 is 0. The second-order valence-corrected chi connectivity index (χ2v) is 10.5. The van der Waals surface area contributed by atoms with Crippen LogP contribution < -0.4 is 0 Å². The van der Waals surface area contributed by atoms with E-state index in [0.717, 1.165) is 31.6 Å². The van der Waals surface area contributed by atoms with Gasteiger partial charge in [-0.15, -0.1) is 0 Å². The summed E-state index contributed by atoms with van der Waals surface area (Å²) in [6.45, 7) is 8.78. The average Bonchev–Trinajstić information content (AvgIpc) is 2.39. The lowest BCUT2D eigenvalue weighted by Gasteiger charge is -2.33. The van der Waals surface area contributed by atoms with Crippen LogP contribution in [0.3, 0.4) is 0 Å². The van der Waals surface area contributed by atoms with E-state index in [0.29, 0.717) is 0 Å². The molecular weight excluding hydrogens is 214 g/mol. The van der Waals surface area contributed by atoms with Crippen molar-refractivity contribution >= 4 is 8.32 Å². The van der Waals surface area contributed by atoms with Crippen LogP contribution in [0.15, 0.2) is 0 Å². The minimum Gasteiger partial charge on any atom is -0.400 e. The molecule has 2 unspecified atom stereocenters. The second kappa shape index (κ2) is 5.33. The third kappa shape index (κ3) is 3.91. The van der Waals surface area contributed by atoms with Crippen LogP contribution in [-0.2, 0) is 4.43 Å². The zero-order chi connectivity index (χ0) is 12.2.